The number of benzene rings is 2. The van der Waals surface area contributed by atoms with Gasteiger partial charge in [0.2, 0.25) is 0 Å². The molecular weight excluding hydrogens is 353 g/mol. The Kier molecular flexibility index (Phi) is 4.21. The van der Waals surface area contributed by atoms with Gasteiger partial charge in [-0.25, -0.2) is 0 Å². The number of alkyl halides is 3. The number of allylic oxidation sites excluding steroid dienone is 1. The molecule has 2 aromatic carbocycles. The second-order valence-electron chi connectivity index (χ2n) is 6.97. The van der Waals surface area contributed by atoms with Gasteiger partial charge in [-0.15, -0.1) is 0 Å². The number of rotatable bonds is 2. The molecule has 0 aliphatic carbocycles. The molecule has 1 unspecified atom stereocenters. The largest absolute Gasteiger partial charge is 0.416 e. The third kappa shape index (κ3) is 3.09. The van der Waals surface area contributed by atoms with Crippen LogP contribution in [0.2, 0.25) is 0 Å². The number of Topliss-reactive ketones (excluding diaryl/α,β-unsaturated/α-hetero) is 1. The summed E-state index contributed by atoms with van der Waals surface area (Å²) in [6.07, 6.45) is -1.91. The van der Waals surface area contributed by atoms with Gasteiger partial charge in [0.15, 0.2) is 5.78 Å². The standard InChI is InChI=1S/C21H19F3N2O/c1-14-13-18(15-7-9-16(10-8-15)21(22,23)24)20(27)19-11-12-25(26(14)19)17-5-3-2-4-6-17/h2-11,14,18H,12-13H2,1H3/t14-,18?/m0/s1. The summed E-state index contributed by atoms with van der Waals surface area (Å²) in [6, 6.07) is 14.9. The highest BCUT2D eigenvalue weighted by Gasteiger charge is 2.42. The number of hydrogen-bond acceptors (Lipinski definition) is 3. The van der Waals surface area contributed by atoms with E-state index in [0.29, 0.717) is 24.2 Å². The van der Waals surface area contributed by atoms with Gasteiger partial charge in [-0.2, -0.15) is 13.2 Å². The minimum atomic E-state index is -4.37. The first-order valence-electron chi connectivity index (χ1n) is 8.89. The van der Waals surface area contributed by atoms with Crippen LogP contribution < -0.4 is 5.01 Å². The lowest BCUT2D eigenvalue weighted by Crippen LogP contribution is -2.49. The first-order valence-corrected chi connectivity index (χ1v) is 8.89. The van der Waals surface area contributed by atoms with Crippen molar-refractivity contribution in [2.45, 2.75) is 31.5 Å². The summed E-state index contributed by atoms with van der Waals surface area (Å²) in [5.41, 5.74) is 1.58. The molecule has 0 saturated carbocycles. The molecule has 6 heteroatoms. The number of hydrazine groups is 1. The lowest BCUT2D eigenvalue weighted by Gasteiger charge is -2.43. The molecule has 0 radical (unpaired) electrons. The van der Waals surface area contributed by atoms with Gasteiger partial charge in [-0.05, 0) is 49.2 Å². The van der Waals surface area contributed by atoms with Gasteiger partial charge in [-0.1, -0.05) is 30.3 Å². The molecule has 140 valence electrons. The van der Waals surface area contributed by atoms with Crippen LogP contribution in [0.3, 0.4) is 0 Å². The molecule has 0 aromatic heterocycles. The van der Waals surface area contributed by atoms with Crippen LogP contribution in [0.4, 0.5) is 18.9 Å². The molecule has 1 saturated heterocycles. The summed E-state index contributed by atoms with van der Waals surface area (Å²) in [5, 5.41) is 4.08. The Bertz CT molecular complexity index is 875. The normalized spacial score (nSPS) is 22.7. The number of fused-ring (bicyclic) bond motifs is 1. The molecule has 2 aromatic rings. The van der Waals surface area contributed by atoms with Gasteiger partial charge < -0.3 is 0 Å². The third-order valence-electron chi connectivity index (χ3n) is 5.22. The Morgan fingerprint density at radius 2 is 1.67 bits per heavy atom. The van der Waals surface area contributed by atoms with Gasteiger partial charge in [0, 0.05) is 6.04 Å². The van der Waals surface area contributed by atoms with Gasteiger partial charge >= 0.3 is 6.18 Å². The zero-order valence-electron chi connectivity index (χ0n) is 14.8. The number of para-hydroxylation sites is 1. The maximum atomic E-state index is 13.1. The Balaban J connectivity index is 1.59. The van der Waals surface area contributed by atoms with Crippen molar-refractivity contribution < 1.29 is 18.0 Å². The Morgan fingerprint density at radius 3 is 2.30 bits per heavy atom. The van der Waals surface area contributed by atoms with Crippen LogP contribution in [-0.4, -0.2) is 23.4 Å². The topological polar surface area (TPSA) is 23.6 Å². The van der Waals surface area contributed by atoms with Crippen molar-refractivity contribution in [2.24, 2.45) is 0 Å². The van der Waals surface area contributed by atoms with E-state index in [9.17, 15) is 18.0 Å². The van der Waals surface area contributed by atoms with E-state index in [1.807, 2.05) is 48.3 Å². The van der Waals surface area contributed by atoms with Crippen molar-refractivity contribution in [1.82, 2.24) is 5.01 Å². The van der Waals surface area contributed by atoms with E-state index in [1.165, 1.54) is 12.1 Å². The molecule has 4 rings (SSSR count). The average Bonchev–Trinajstić information content (AvgIpc) is 3.11. The summed E-state index contributed by atoms with van der Waals surface area (Å²) in [6.45, 7) is 2.65. The Hall–Kier alpha value is -2.76. The van der Waals surface area contributed by atoms with Crippen molar-refractivity contribution in [3.05, 3.63) is 77.5 Å². The molecule has 0 N–H and O–H groups in total. The van der Waals surface area contributed by atoms with Gasteiger partial charge in [0.25, 0.3) is 0 Å². The fourth-order valence-corrected chi connectivity index (χ4v) is 3.92. The predicted molar refractivity (Wildman–Crippen MR) is 97.0 cm³/mol. The number of hydrogen-bond donors (Lipinski definition) is 0. The lowest BCUT2D eigenvalue weighted by molar-refractivity contribution is -0.137. The number of halogens is 3. The summed E-state index contributed by atoms with van der Waals surface area (Å²) >= 11 is 0. The average molecular weight is 372 g/mol. The Morgan fingerprint density at radius 1 is 1.00 bits per heavy atom. The third-order valence-corrected chi connectivity index (χ3v) is 5.22. The smallest absolute Gasteiger partial charge is 0.292 e. The molecule has 1 fully saturated rings. The SMILES string of the molecule is C[C@H]1CC(c2ccc(C(F)(F)F)cc2)C(=O)C2=CCN(c3ccccc3)N21. The van der Waals surface area contributed by atoms with E-state index in [4.69, 9.17) is 0 Å². The second kappa shape index (κ2) is 6.44. The first-order chi connectivity index (χ1) is 12.9. The maximum Gasteiger partial charge on any atom is 0.416 e. The Labute approximate surface area is 155 Å². The van der Waals surface area contributed by atoms with Crippen molar-refractivity contribution in [3.63, 3.8) is 0 Å². The summed E-state index contributed by atoms with van der Waals surface area (Å²) < 4.78 is 38.4. The van der Waals surface area contributed by atoms with Crippen molar-refractivity contribution >= 4 is 11.5 Å². The molecular formula is C21H19F3N2O. The fraction of sp³-hybridized carbons (Fsp3) is 0.286. The van der Waals surface area contributed by atoms with Gasteiger partial charge in [0.1, 0.15) is 0 Å². The molecule has 27 heavy (non-hydrogen) atoms. The number of piperidine rings is 1. The minimum absolute atomic E-state index is 0.0358. The van der Waals surface area contributed by atoms with E-state index in [0.717, 1.165) is 17.8 Å². The van der Waals surface area contributed by atoms with Crippen molar-refractivity contribution in [3.8, 4) is 0 Å². The van der Waals surface area contributed by atoms with E-state index in [2.05, 4.69) is 5.01 Å². The van der Waals surface area contributed by atoms with E-state index in [-0.39, 0.29) is 11.8 Å². The molecule has 2 atom stereocenters. The van der Waals surface area contributed by atoms with Crippen molar-refractivity contribution in [1.29, 1.82) is 0 Å². The summed E-state index contributed by atoms with van der Waals surface area (Å²) in [4.78, 5) is 13.1. The number of nitrogens with zero attached hydrogens (tertiary/aromatic N) is 2. The molecule has 2 aliphatic heterocycles. The minimum Gasteiger partial charge on any atom is -0.292 e. The zero-order chi connectivity index (χ0) is 19.2. The van der Waals surface area contributed by atoms with E-state index >= 15 is 0 Å². The highest BCUT2D eigenvalue weighted by atomic mass is 19.4. The number of anilines is 1. The van der Waals surface area contributed by atoms with Crippen LogP contribution in [0, 0.1) is 0 Å². The first kappa shape index (κ1) is 17.6. The molecule has 0 bridgehead atoms. The van der Waals surface area contributed by atoms with E-state index in [1.54, 1.807) is 0 Å². The zero-order valence-corrected chi connectivity index (χ0v) is 14.8. The number of carbonyl (C=O) groups excluding carboxylic acids is 1. The molecule has 0 amide bonds. The van der Waals surface area contributed by atoms with Crippen LogP contribution in [0.5, 0.6) is 0 Å². The van der Waals surface area contributed by atoms with Gasteiger partial charge in [0.05, 0.1) is 29.4 Å². The van der Waals surface area contributed by atoms with E-state index < -0.39 is 17.7 Å². The van der Waals surface area contributed by atoms with Crippen LogP contribution in [0.1, 0.15) is 30.4 Å². The summed E-state index contributed by atoms with van der Waals surface area (Å²) in [5.74, 6) is -0.452. The lowest BCUT2D eigenvalue weighted by atomic mass is 9.83. The highest BCUT2D eigenvalue weighted by molar-refractivity contribution is 6.01. The monoisotopic (exact) mass is 372 g/mol. The van der Waals surface area contributed by atoms with Crippen LogP contribution in [0.25, 0.3) is 0 Å². The molecule has 2 heterocycles. The quantitative estimate of drug-likeness (QED) is 0.759. The maximum absolute atomic E-state index is 13.1. The number of carbonyl (C=O) groups is 1. The number of ketones is 1. The fourth-order valence-electron chi connectivity index (χ4n) is 3.92. The molecule has 3 nitrogen and oxygen atoms in total. The molecule has 2 aliphatic rings. The highest BCUT2D eigenvalue weighted by Crippen LogP contribution is 2.40. The van der Waals surface area contributed by atoms with Crippen molar-refractivity contribution in [2.75, 3.05) is 11.6 Å². The second-order valence-corrected chi connectivity index (χ2v) is 6.97. The van der Waals surface area contributed by atoms with Crippen LogP contribution in [-0.2, 0) is 11.0 Å². The molecule has 0 spiro atoms. The predicted octanol–water partition coefficient (Wildman–Crippen LogP) is 4.77. The summed E-state index contributed by atoms with van der Waals surface area (Å²) in [7, 11) is 0. The van der Waals surface area contributed by atoms with Gasteiger partial charge in [-0.3, -0.25) is 14.8 Å². The van der Waals surface area contributed by atoms with Crippen LogP contribution >= 0.6 is 0 Å². The van der Waals surface area contributed by atoms with Crippen LogP contribution in [0.15, 0.2) is 66.4 Å².